The van der Waals surface area contributed by atoms with Gasteiger partial charge in [-0.1, -0.05) is 57.5 Å². The first kappa shape index (κ1) is 27.5. The molecule has 194 valence electrons. The minimum Gasteiger partial charge on any atom is -0.484 e. The summed E-state index contributed by atoms with van der Waals surface area (Å²) in [4.78, 5) is 39.7. The van der Waals surface area contributed by atoms with E-state index in [0.29, 0.717) is 35.3 Å². The van der Waals surface area contributed by atoms with Crippen LogP contribution in [0.25, 0.3) is 0 Å². The van der Waals surface area contributed by atoms with Gasteiger partial charge in [-0.25, -0.2) is 4.79 Å². The number of rotatable bonds is 8. The van der Waals surface area contributed by atoms with E-state index < -0.39 is 17.9 Å². The first-order valence-electron chi connectivity index (χ1n) is 12.2. The zero-order valence-corrected chi connectivity index (χ0v) is 22.3. The molecular weight excluding hydrogens is 480 g/mol. The molecule has 0 radical (unpaired) electrons. The first-order chi connectivity index (χ1) is 17.0. The predicted octanol–water partition coefficient (Wildman–Crippen LogP) is 4.69. The molecule has 0 aromatic heterocycles. The molecule has 1 unspecified atom stereocenters. The Morgan fingerprint density at radius 1 is 1.14 bits per heavy atom. The highest BCUT2D eigenvalue weighted by Gasteiger charge is 2.40. The van der Waals surface area contributed by atoms with Crippen LogP contribution < -0.4 is 10.1 Å². The Morgan fingerprint density at radius 2 is 1.83 bits per heavy atom. The number of nitrogens with one attached hydrogen (secondary N) is 1. The molecule has 1 fully saturated rings. The van der Waals surface area contributed by atoms with Crippen LogP contribution in [0.4, 0.5) is 0 Å². The lowest BCUT2D eigenvalue weighted by atomic mass is 9.70. The van der Waals surface area contributed by atoms with E-state index in [1.54, 1.807) is 18.2 Å². The second-order valence-electron chi connectivity index (χ2n) is 10.2. The molecule has 0 spiro atoms. The summed E-state index contributed by atoms with van der Waals surface area (Å²) in [5.74, 6) is -0.402. The Balaban J connectivity index is 1.61. The number of likely N-dealkylation sites (tertiary alicyclic amines) is 1. The molecule has 1 N–H and O–H groups in total. The van der Waals surface area contributed by atoms with Crippen molar-refractivity contribution in [2.75, 3.05) is 26.8 Å². The Hall–Kier alpha value is -3.06. The molecule has 2 amide bonds. The van der Waals surface area contributed by atoms with E-state index in [-0.39, 0.29) is 23.8 Å². The maximum absolute atomic E-state index is 13.5. The first-order valence-corrected chi connectivity index (χ1v) is 12.5. The zero-order chi connectivity index (χ0) is 26.5. The van der Waals surface area contributed by atoms with E-state index in [1.807, 2.05) is 30.9 Å². The minimum absolute atomic E-state index is 0.0892. The van der Waals surface area contributed by atoms with Gasteiger partial charge in [0.25, 0.3) is 5.91 Å². The van der Waals surface area contributed by atoms with Crippen molar-refractivity contribution in [3.05, 3.63) is 64.7 Å². The monoisotopic (exact) mass is 514 g/mol. The number of halogens is 1. The molecule has 3 rings (SSSR count). The van der Waals surface area contributed by atoms with Crippen LogP contribution in [0.1, 0.15) is 56.0 Å². The average Bonchev–Trinajstić information content (AvgIpc) is 2.85. The van der Waals surface area contributed by atoms with Gasteiger partial charge in [0, 0.05) is 18.1 Å². The van der Waals surface area contributed by atoms with E-state index in [1.165, 1.54) is 18.7 Å². The lowest BCUT2D eigenvalue weighted by Crippen LogP contribution is -2.56. The number of amides is 2. The topological polar surface area (TPSA) is 84.9 Å². The highest BCUT2D eigenvalue weighted by atomic mass is 35.5. The SMILES string of the molecule is COC(=O)c1cccc(OCC(=O)N[C@@H](C(=O)N2CCC(c3ccc(Cl)cc3)C(C)(C)C2)C(C)C)c1. The molecule has 1 aliphatic heterocycles. The fourth-order valence-corrected chi connectivity index (χ4v) is 4.89. The molecule has 0 saturated carbocycles. The molecule has 0 bridgehead atoms. The molecule has 2 atom stereocenters. The number of ether oxygens (including phenoxy) is 2. The van der Waals surface area contributed by atoms with E-state index in [0.717, 1.165) is 6.42 Å². The molecule has 1 heterocycles. The van der Waals surface area contributed by atoms with Crippen LogP contribution in [0.2, 0.25) is 5.02 Å². The molecule has 8 heteroatoms. The standard InChI is InChI=1S/C28H35ClN2O5/c1-18(2)25(30-24(32)16-36-22-8-6-7-20(15-22)27(34)35-5)26(33)31-14-13-23(28(3,4)17-31)19-9-11-21(29)12-10-19/h6-12,15,18,23,25H,13-14,16-17H2,1-5H3,(H,30,32)/t23?,25-/m1/s1. The van der Waals surface area contributed by atoms with Gasteiger partial charge in [0.15, 0.2) is 6.61 Å². The van der Waals surface area contributed by atoms with Crippen molar-refractivity contribution in [1.29, 1.82) is 0 Å². The second-order valence-corrected chi connectivity index (χ2v) is 10.7. The highest BCUT2D eigenvalue weighted by molar-refractivity contribution is 6.30. The maximum atomic E-state index is 13.5. The van der Waals surface area contributed by atoms with Crippen molar-refractivity contribution in [3.8, 4) is 5.75 Å². The summed E-state index contributed by atoms with van der Waals surface area (Å²) in [6, 6.07) is 13.7. The molecule has 2 aromatic carbocycles. The molecular formula is C28H35ClN2O5. The number of nitrogens with zero attached hydrogens (tertiary/aromatic N) is 1. The summed E-state index contributed by atoms with van der Waals surface area (Å²) >= 11 is 6.06. The van der Waals surface area contributed by atoms with Crippen LogP contribution in [0.5, 0.6) is 5.75 Å². The van der Waals surface area contributed by atoms with Crippen LogP contribution in [-0.2, 0) is 14.3 Å². The quantitative estimate of drug-likeness (QED) is 0.517. The number of esters is 1. The summed E-state index contributed by atoms with van der Waals surface area (Å²) in [7, 11) is 1.30. The van der Waals surface area contributed by atoms with Crippen molar-refractivity contribution in [3.63, 3.8) is 0 Å². The van der Waals surface area contributed by atoms with Gasteiger partial charge in [0.1, 0.15) is 11.8 Å². The van der Waals surface area contributed by atoms with Gasteiger partial charge in [-0.2, -0.15) is 0 Å². The summed E-state index contributed by atoms with van der Waals surface area (Å²) < 4.78 is 10.3. The largest absolute Gasteiger partial charge is 0.484 e. The molecule has 2 aromatic rings. The summed E-state index contributed by atoms with van der Waals surface area (Å²) in [5.41, 5.74) is 1.41. The molecule has 1 aliphatic rings. The van der Waals surface area contributed by atoms with Crippen molar-refractivity contribution < 1.29 is 23.9 Å². The lowest BCUT2D eigenvalue weighted by molar-refractivity contribution is -0.141. The normalized spacial score (nSPS) is 17.9. The van der Waals surface area contributed by atoms with Gasteiger partial charge in [-0.05, 0) is 59.6 Å². The number of piperidine rings is 1. The highest BCUT2D eigenvalue weighted by Crippen LogP contribution is 2.42. The maximum Gasteiger partial charge on any atom is 0.337 e. The molecule has 7 nitrogen and oxygen atoms in total. The second kappa shape index (κ2) is 11.8. The Bertz CT molecular complexity index is 1080. The fraction of sp³-hybridized carbons (Fsp3) is 0.464. The van der Waals surface area contributed by atoms with Crippen molar-refractivity contribution in [2.45, 2.75) is 46.1 Å². The average molecular weight is 515 g/mol. The number of carbonyl (C=O) groups is 3. The predicted molar refractivity (Wildman–Crippen MR) is 139 cm³/mol. The minimum atomic E-state index is -0.662. The molecule has 36 heavy (non-hydrogen) atoms. The number of methoxy groups -OCH3 is 1. The van der Waals surface area contributed by atoms with Gasteiger partial charge < -0.3 is 19.7 Å². The Labute approximate surface area is 218 Å². The van der Waals surface area contributed by atoms with Crippen LogP contribution in [-0.4, -0.2) is 55.5 Å². The van der Waals surface area contributed by atoms with Gasteiger partial charge in [0.2, 0.25) is 5.91 Å². The molecule has 0 aliphatic carbocycles. The van der Waals surface area contributed by atoms with Crippen LogP contribution >= 0.6 is 11.6 Å². The molecule has 1 saturated heterocycles. The van der Waals surface area contributed by atoms with Crippen LogP contribution in [0, 0.1) is 11.3 Å². The summed E-state index contributed by atoms with van der Waals surface area (Å²) in [6.45, 7) is 9.10. The number of hydrogen-bond donors (Lipinski definition) is 1. The zero-order valence-electron chi connectivity index (χ0n) is 21.5. The Kier molecular flexibility index (Phi) is 9.01. The van der Waals surface area contributed by atoms with E-state index in [4.69, 9.17) is 21.1 Å². The third-order valence-electron chi connectivity index (χ3n) is 6.69. The van der Waals surface area contributed by atoms with Crippen molar-refractivity contribution >= 4 is 29.4 Å². The van der Waals surface area contributed by atoms with Crippen LogP contribution in [0.3, 0.4) is 0 Å². The third kappa shape index (κ3) is 6.78. The summed E-state index contributed by atoms with van der Waals surface area (Å²) in [6.07, 6.45) is 0.832. The van der Waals surface area contributed by atoms with Gasteiger partial charge in [-0.15, -0.1) is 0 Å². The summed E-state index contributed by atoms with van der Waals surface area (Å²) in [5, 5.41) is 3.56. The number of carbonyl (C=O) groups excluding carboxylic acids is 3. The van der Waals surface area contributed by atoms with Crippen molar-refractivity contribution in [2.24, 2.45) is 11.3 Å². The van der Waals surface area contributed by atoms with Gasteiger partial charge >= 0.3 is 5.97 Å². The van der Waals surface area contributed by atoms with Crippen molar-refractivity contribution in [1.82, 2.24) is 10.2 Å². The Morgan fingerprint density at radius 3 is 2.44 bits per heavy atom. The smallest absolute Gasteiger partial charge is 0.337 e. The van der Waals surface area contributed by atoms with Gasteiger partial charge in [0.05, 0.1) is 12.7 Å². The van der Waals surface area contributed by atoms with E-state index in [9.17, 15) is 14.4 Å². The van der Waals surface area contributed by atoms with Gasteiger partial charge in [-0.3, -0.25) is 9.59 Å². The number of benzene rings is 2. The third-order valence-corrected chi connectivity index (χ3v) is 6.94. The number of hydrogen-bond acceptors (Lipinski definition) is 5. The fourth-order valence-electron chi connectivity index (χ4n) is 4.76. The van der Waals surface area contributed by atoms with E-state index >= 15 is 0 Å². The van der Waals surface area contributed by atoms with Crippen LogP contribution in [0.15, 0.2) is 48.5 Å². The lowest BCUT2D eigenvalue weighted by Gasteiger charge is -2.45. The van der Waals surface area contributed by atoms with E-state index in [2.05, 4.69) is 31.3 Å².